The standard InChI is InChI=1S/C12H13BrFNO3/c1-9(16)17-8-10-2-4-11(5-3-10)12(13)15-18-7-6-14/h2-5H,6-8H2,1H3. The van der Waals surface area contributed by atoms with Crippen molar-refractivity contribution in [3.8, 4) is 0 Å². The van der Waals surface area contributed by atoms with Gasteiger partial charge in [0.15, 0.2) is 4.62 Å². The van der Waals surface area contributed by atoms with E-state index in [1.54, 1.807) is 12.1 Å². The Morgan fingerprint density at radius 2 is 2.06 bits per heavy atom. The highest BCUT2D eigenvalue weighted by atomic mass is 79.9. The fraction of sp³-hybridized carbons (Fsp3) is 0.333. The lowest BCUT2D eigenvalue weighted by Gasteiger charge is -2.03. The first-order valence-corrected chi connectivity index (χ1v) is 6.07. The van der Waals surface area contributed by atoms with Gasteiger partial charge >= 0.3 is 5.97 Å². The van der Waals surface area contributed by atoms with Gasteiger partial charge in [0.2, 0.25) is 0 Å². The van der Waals surface area contributed by atoms with Crippen LogP contribution in [0.2, 0.25) is 0 Å². The van der Waals surface area contributed by atoms with E-state index in [0.29, 0.717) is 4.62 Å². The van der Waals surface area contributed by atoms with E-state index in [4.69, 9.17) is 9.57 Å². The molecule has 0 bridgehead atoms. The van der Waals surface area contributed by atoms with Crippen molar-refractivity contribution in [1.82, 2.24) is 0 Å². The van der Waals surface area contributed by atoms with Crippen LogP contribution in [0.3, 0.4) is 0 Å². The van der Waals surface area contributed by atoms with E-state index >= 15 is 0 Å². The molecular weight excluding hydrogens is 305 g/mol. The highest BCUT2D eigenvalue weighted by Gasteiger charge is 2.01. The maximum Gasteiger partial charge on any atom is 0.302 e. The van der Waals surface area contributed by atoms with Crippen LogP contribution in [-0.2, 0) is 21.0 Å². The van der Waals surface area contributed by atoms with E-state index in [1.165, 1.54) is 6.92 Å². The summed E-state index contributed by atoms with van der Waals surface area (Å²) in [4.78, 5) is 15.3. The lowest BCUT2D eigenvalue weighted by Crippen LogP contribution is -1.99. The van der Waals surface area contributed by atoms with Crippen molar-refractivity contribution in [1.29, 1.82) is 0 Å². The molecule has 18 heavy (non-hydrogen) atoms. The van der Waals surface area contributed by atoms with Gasteiger partial charge in [-0.15, -0.1) is 0 Å². The first-order chi connectivity index (χ1) is 8.63. The second-order valence-corrected chi connectivity index (χ2v) is 4.13. The number of carbonyl (C=O) groups excluding carboxylic acids is 1. The quantitative estimate of drug-likeness (QED) is 0.351. The molecule has 1 rings (SSSR count). The van der Waals surface area contributed by atoms with Gasteiger partial charge in [0.25, 0.3) is 0 Å². The minimum atomic E-state index is -0.578. The van der Waals surface area contributed by atoms with Crippen LogP contribution in [0.1, 0.15) is 18.1 Å². The lowest BCUT2D eigenvalue weighted by molar-refractivity contribution is -0.142. The number of alkyl halides is 1. The molecule has 0 heterocycles. The van der Waals surface area contributed by atoms with Crippen molar-refractivity contribution in [2.75, 3.05) is 13.3 Å². The number of carbonyl (C=O) groups is 1. The zero-order chi connectivity index (χ0) is 13.4. The maximum absolute atomic E-state index is 11.8. The Balaban J connectivity index is 2.58. The first kappa shape index (κ1) is 14.6. The lowest BCUT2D eigenvalue weighted by atomic mass is 10.1. The van der Waals surface area contributed by atoms with Gasteiger partial charge in [-0.05, 0) is 21.5 Å². The second kappa shape index (κ2) is 7.81. The summed E-state index contributed by atoms with van der Waals surface area (Å²) < 4.78 is 17.1. The number of halogens is 2. The molecule has 0 amide bonds. The molecule has 4 nitrogen and oxygen atoms in total. The summed E-state index contributed by atoms with van der Waals surface area (Å²) in [6.45, 7) is 0.952. The number of rotatable bonds is 6. The summed E-state index contributed by atoms with van der Waals surface area (Å²) >= 11 is 3.22. The molecule has 0 saturated heterocycles. The van der Waals surface area contributed by atoms with Crippen LogP contribution < -0.4 is 0 Å². The molecule has 0 aromatic heterocycles. The van der Waals surface area contributed by atoms with Gasteiger partial charge in [0, 0.05) is 12.5 Å². The Bertz CT molecular complexity index is 420. The minimum absolute atomic E-state index is 0.0698. The van der Waals surface area contributed by atoms with Crippen LogP contribution in [0, 0.1) is 0 Å². The SMILES string of the molecule is CC(=O)OCc1ccc(C(Br)=NOCCF)cc1. The van der Waals surface area contributed by atoms with Gasteiger partial charge in [0.1, 0.15) is 19.9 Å². The zero-order valence-corrected chi connectivity index (χ0v) is 11.4. The van der Waals surface area contributed by atoms with Gasteiger partial charge < -0.3 is 9.57 Å². The second-order valence-electron chi connectivity index (χ2n) is 3.38. The van der Waals surface area contributed by atoms with Crippen LogP contribution in [0.5, 0.6) is 0 Å². The number of oxime groups is 1. The highest BCUT2D eigenvalue weighted by Crippen LogP contribution is 2.10. The molecule has 0 unspecified atom stereocenters. The molecule has 0 fully saturated rings. The predicted octanol–water partition coefficient (Wildman–Crippen LogP) is 2.79. The first-order valence-electron chi connectivity index (χ1n) is 5.27. The van der Waals surface area contributed by atoms with E-state index in [-0.39, 0.29) is 19.2 Å². The topological polar surface area (TPSA) is 47.9 Å². The van der Waals surface area contributed by atoms with Crippen molar-refractivity contribution >= 4 is 26.5 Å². The van der Waals surface area contributed by atoms with Crippen molar-refractivity contribution in [3.05, 3.63) is 35.4 Å². The third-order valence-corrected chi connectivity index (χ3v) is 2.55. The molecule has 0 atom stereocenters. The van der Waals surface area contributed by atoms with E-state index in [0.717, 1.165) is 11.1 Å². The average Bonchev–Trinajstić information content (AvgIpc) is 2.37. The maximum atomic E-state index is 11.8. The fourth-order valence-corrected chi connectivity index (χ4v) is 1.48. The number of hydrogen-bond donors (Lipinski definition) is 0. The number of hydrogen-bond acceptors (Lipinski definition) is 4. The monoisotopic (exact) mass is 317 g/mol. The molecule has 0 aliphatic rings. The third-order valence-electron chi connectivity index (χ3n) is 1.95. The molecule has 0 radical (unpaired) electrons. The molecule has 0 aliphatic carbocycles. The van der Waals surface area contributed by atoms with E-state index in [2.05, 4.69) is 21.1 Å². The van der Waals surface area contributed by atoms with Gasteiger partial charge in [-0.1, -0.05) is 29.4 Å². The summed E-state index contributed by atoms with van der Waals surface area (Å²) in [5.74, 6) is -0.318. The average molecular weight is 318 g/mol. The van der Waals surface area contributed by atoms with Gasteiger partial charge in [0.05, 0.1) is 0 Å². The Kier molecular flexibility index (Phi) is 6.35. The molecule has 0 aliphatic heterocycles. The zero-order valence-electron chi connectivity index (χ0n) is 9.86. The van der Waals surface area contributed by atoms with Gasteiger partial charge in [-0.3, -0.25) is 4.79 Å². The van der Waals surface area contributed by atoms with Gasteiger partial charge in [-0.25, -0.2) is 4.39 Å². The Labute approximate surface area is 113 Å². The normalized spacial score (nSPS) is 11.2. The minimum Gasteiger partial charge on any atom is -0.461 e. The van der Waals surface area contributed by atoms with Crippen LogP contribution in [0.15, 0.2) is 29.4 Å². The summed E-state index contributed by atoms with van der Waals surface area (Å²) in [5.41, 5.74) is 1.67. The van der Waals surface area contributed by atoms with Crippen molar-refractivity contribution in [3.63, 3.8) is 0 Å². The van der Waals surface area contributed by atoms with Crippen LogP contribution >= 0.6 is 15.9 Å². The van der Waals surface area contributed by atoms with Gasteiger partial charge in [-0.2, -0.15) is 0 Å². The number of benzene rings is 1. The summed E-state index contributed by atoms with van der Waals surface area (Å²) in [5, 5.41) is 3.70. The van der Waals surface area contributed by atoms with E-state index < -0.39 is 6.67 Å². The third kappa shape index (κ3) is 5.27. The van der Waals surface area contributed by atoms with E-state index in [9.17, 15) is 9.18 Å². The summed E-state index contributed by atoms with van der Waals surface area (Å²) in [6.07, 6.45) is 0. The molecular formula is C12H13BrFNO3. The predicted molar refractivity (Wildman–Crippen MR) is 69.3 cm³/mol. The summed E-state index contributed by atoms with van der Waals surface area (Å²) in [7, 11) is 0. The molecule has 6 heteroatoms. The van der Waals surface area contributed by atoms with Crippen molar-refractivity contribution in [2.45, 2.75) is 13.5 Å². The van der Waals surface area contributed by atoms with Crippen molar-refractivity contribution in [2.24, 2.45) is 5.16 Å². The van der Waals surface area contributed by atoms with Crippen LogP contribution in [0.4, 0.5) is 4.39 Å². The molecule has 0 N–H and O–H groups in total. The Morgan fingerprint density at radius 3 is 2.61 bits per heavy atom. The van der Waals surface area contributed by atoms with E-state index in [1.807, 2.05) is 12.1 Å². The van der Waals surface area contributed by atoms with Crippen molar-refractivity contribution < 1.29 is 18.8 Å². The highest BCUT2D eigenvalue weighted by molar-refractivity contribution is 9.18. The van der Waals surface area contributed by atoms with Crippen LogP contribution in [0.25, 0.3) is 0 Å². The fourth-order valence-electron chi connectivity index (χ4n) is 1.11. The molecule has 98 valence electrons. The molecule has 0 saturated carbocycles. The number of nitrogens with zero attached hydrogens (tertiary/aromatic N) is 1. The molecule has 0 spiro atoms. The molecule has 1 aromatic carbocycles. The molecule has 1 aromatic rings. The summed E-state index contributed by atoms with van der Waals surface area (Å²) in [6, 6.07) is 7.21. The number of esters is 1. The Hall–Kier alpha value is -1.43. The largest absolute Gasteiger partial charge is 0.461 e. The Morgan fingerprint density at radius 1 is 1.39 bits per heavy atom. The smallest absolute Gasteiger partial charge is 0.302 e. The van der Waals surface area contributed by atoms with Crippen LogP contribution in [-0.4, -0.2) is 23.9 Å². The number of ether oxygens (including phenoxy) is 1.